The van der Waals surface area contributed by atoms with Crippen molar-refractivity contribution in [3.63, 3.8) is 0 Å². The molecule has 1 aliphatic heterocycles. The lowest BCUT2D eigenvalue weighted by Gasteiger charge is -2.71. The van der Waals surface area contributed by atoms with Gasteiger partial charge in [-0.2, -0.15) is 0 Å². The van der Waals surface area contributed by atoms with Crippen LogP contribution in [-0.4, -0.2) is 81.8 Å². The van der Waals surface area contributed by atoms with Gasteiger partial charge >= 0.3 is 29.8 Å². The molecule has 3 fully saturated rings. The highest BCUT2D eigenvalue weighted by atomic mass is 16.6. The third kappa shape index (κ3) is 4.43. The van der Waals surface area contributed by atoms with Crippen LogP contribution in [0.5, 0.6) is 0 Å². The number of hydrogen-bond acceptors (Lipinski definition) is 12. The van der Waals surface area contributed by atoms with Crippen molar-refractivity contribution in [3.05, 3.63) is 47.0 Å². The van der Waals surface area contributed by atoms with E-state index in [2.05, 4.69) is 0 Å². The van der Waals surface area contributed by atoms with Gasteiger partial charge in [0.25, 0.3) is 0 Å². The minimum atomic E-state index is -2.51. The molecule has 45 heavy (non-hydrogen) atoms. The van der Waals surface area contributed by atoms with E-state index in [1.54, 1.807) is 51.1 Å². The van der Waals surface area contributed by atoms with Gasteiger partial charge in [0.05, 0.1) is 16.4 Å². The van der Waals surface area contributed by atoms with Gasteiger partial charge in [-0.3, -0.25) is 14.4 Å². The molecule has 2 bridgehead atoms. The van der Waals surface area contributed by atoms with Gasteiger partial charge in [-0.15, -0.1) is 0 Å². The van der Waals surface area contributed by atoms with Crippen LogP contribution in [0.3, 0.4) is 0 Å². The number of hydrogen-bond donors (Lipinski definition) is 2. The molecule has 12 nitrogen and oxygen atoms in total. The lowest BCUT2D eigenvalue weighted by atomic mass is 9.37. The van der Waals surface area contributed by atoms with Crippen molar-refractivity contribution in [3.8, 4) is 0 Å². The minimum absolute atomic E-state index is 0.190. The third-order valence-electron chi connectivity index (χ3n) is 10.6. The number of ether oxygens (including phenoxy) is 5. The summed E-state index contributed by atoms with van der Waals surface area (Å²) in [5, 5.41) is 25.8. The maximum atomic E-state index is 14.2. The quantitative estimate of drug-likeness (QED) is 0.268. The summed E-state index contributed by atoms with van der Waals surface area (Å²) in [5.41, 5.74) is -8.51. The molecule has 0 radical (unpaired) electrons. The fourth-order valence-corrected chi connectivity index (χ4v) is 8.79. The normalized spacial score (nSPS) is 37.8. The number of carbonyl (C=O) groups excluding carboxylic acids is 5. The summed E-state index contributed by atoms with van der Waals surface area (Å²) in [6.45, 7) is 9.16. The second-order valence-electron chi connectivity index (χ2n) is 13.4. The Labute approximate surface area is 261 Å². The first-order chi connectivity index (χ1) is 20.9. The number of esters is 5. The number of fused-ring (bicyclic) bond motifs is 2. The lowest BCUT2D eigenvalue weighted by Crippen LogP contribution is -2.85. The molecule has 2 saturated carbocycles. The predicted molar refractivity (Wildman–Crippen MR) is 154 cm³/mol. The van der Waals surface area contributed by atoms with Crippen LogP contribution in [0, 0.1) is 16.7 Å². The van der Waals surface area contributed by atoms with Gasteiger partial charge in [-0.05, 0) is 51.3 Å². The Kier molecular flexibility index (Phi) is 7.72. The highest BCUT2D eigenvalue weighted by Gasteiger charge is 2.86. The zero-order chi connectivity index (χ0) is 33.3. The molecule has 0 spiro atoms. The summed E-state index contributed by atoms with van der Waals surface area (Å²) >= 11 is 0. The summed E-state index contributed by atoms with van der Waals surface area (Å²) < 4.78 is 29.2. The van der Waals surface area contributed by atoms with Gasteiger partial charge in [-0.25, -0.2) is 9.59 Å². The highest BCUT2D eigenvalue weighted by Crippen LogP contribution is 2.74. The summed E-state index contributed by atoms with van der Waals surface area (Å²) in [5.74, 6) is -5.66. The Morgan fingerprint density at radius 2 is 1.51 bits per heavy atom. The summed E-state index contributed by atoms with van der Waals surface area (Å²) in [7, 11) is 0. The maximum absolute atomic E-state index is 14.2. The molecule has 0 amide bonds. The first-order valence-corrected chi connectivity index (χ1v) is 15.0. The molecule has 0 unspecified atom stereocenters. The average Bonchev–Trinajstić information content (AvgIpc) is 3.32. The van der Waals surface area contributed by atoms with E-state index in [9.17, 15) is 34.2 Å². The molecular formula is C33H40O12. The van der Waals surface area contributed by atoms with Crippen LogP contribution in [0.25, 0.3) is 0 Å². The van der Waals surface area contributed by atoms with Gasteiger partial charge in [0.2, 0.25) is 0 Å². The Bertz CT molecular complexity index is 1480. The summed E-state index contributed by atoms with van der Waals surface area (Å²) in [6, 6.07) is 8.14. The highest BCUT2D eigenvalue weighted by molar-refractivity contribution is 5.91. The second-order valence-corrected chi connectivity index (χ2v) is 13.4. The number of cyclic esters (lactones) is 1. The van der Waals surface area contributed by atoms with Crippen molar-refractivity contribution in [1.82, 2.24) is 0 Å². The first-order valence-electron chi connectivity index (χ1n) is 15.0. The van der Waals surface area contributed by atoms with Crippen LogP contribution in [0.1, 0.15) is 78.1 Å². The van der Waals surface area contributed by atoms with E-state index in [1.165, 1.54) is 6.92 Å². The molecule has 12 heteroatoms. The zero-order valence-corrected chi connectivity index (χ0v) is 26.5. The van der Waals surface area contributed by atoms with Crippen molar-refractivity contribution in [2.24, 2.45) is 16.7 Å². The number of allylic oxidation sites excluding steroid dienone is 1. The van der Waals surface area contributed by atoms with E-state index in [4.69, 9.17) is 23.7 Å². The number of carbonyl (C=O) groups is 5. The zero-order valence-electron chi connectivity index (χ0n) is 26.5. The van der Waals surface area contributed by atoms with Crippen molar-refractivity contribution in [2.45, 2.75) is 103 Å². The smallest absolute Gasteiger partial charge is 0.343 e. The van der Waals surface area contributed by atoms with Gasteiger partial charge in [0, 0.05) is 33.1 Å². The molecule has 1 aromatic rings. The van der Waals surface area contributed by atoms with Gasteiger partial charge in [0.15, 0.2) is 5.60 Å². The molecule has 3 aliphatic carbocycles. The fraction of sp³-hybridized carbons (Fsp3) is 0.606. The van der Waals surface area contributed by atoms with Crippen LogP contribution in [0.2, 0.25) is 0 Å². The van der Waals surface area contributed by atoms with Crippen molar-refractivity contribution < 1.29 is 57.9 Å². The number of rotatable bonds is 6. The van der Waals surface area contributed by atoms with Crippen LogP contribution in [0.4, 0.5) is 0 Å². The topological polar surface area (TPSA) is 172 Å². The largest absolute Gasteiger partial charge is 0.463 e. The van der Waals surface area contributed by atoms with E-state index in [-0.39, 0.29) is 24.0 Å². The molecule has 2 N–H and O–H groups in total. The van der Waals surface area contributed by atoms with Gasteiger partial charge < -0.3 is 33.9 Å². The fourth-order valence-electron chi connectivity index (χ4n) is 8.79. The number of aliphatic hydroxyl groups is 2. The molecule has 1 heterocycles. The molecule has 1 aromatic carbocycles. The number of benzene rings is 1. The minimum Gasteiger partial charge on any atom is -0.463 e. The monoisotopic (exact) mass is 628 g/mol. The third-order valence-corrected chi connectivity index (χ3v) is 10.6. The molecule has 244 valence electrons. The van der Waals surface area contributed by atoms with Gasteiger partial charge in [0.1, 0.15) is 36.1 Å². The average molecular weight is 629 g/mol. The Balaban J connectivity index is 1.88. The predicted octanol–water partition coefficient (Wildman–Crippen LogP) is 2.57. The molecule has 5 rings (SSSR count). The Hall–Kier alpha value is -3.77. The van der Waals surface area contributed by atoms with Crippen LogP contribution < -0.4 is 0 Å². The van der Waals surface area contributed by atoms with Gasteiger partial charge in [-0.1, -0.05) is 30.7 Å². The van der Waals surface area contributed by atoms with E-state index < -0.39 is 88.3 Å². The van der Waals surface area contributed by atoms with E-state index in [1.807, 2.05) is 0 Å². The van der Waals surface area contributed by atoms with Crippen molar-refractivity contribution in [2.75, 3.05) is 6.61 Å². The molecule has 0 aromatic heterocycles. The molecular weight excluding hydrogens is 588 g/mol. The van der Waals surface area contributed by atoms with Crippen LogP contribution >= 0.6 is 0 Å². The molecule has 4 aliphatic rings. The summed E-state index contributed by atoms with van der Waals surface area (Å²) in [4.78, 5) is 65.3. The molecule has 8 atom stereocenters. The standard InChI is InChI=1S/C33H40O12/c1-17-13-14-31-24(17)33(40,28(38)45-29(31,5)6)30(7)22(42-19(3)35)15-23(43-20(4)36)32(39,16-41-18(2)34)25(30)26(31)44-27(37)21-11-9-8-10-12-21/h8-12,22-23,25-26,39-40H,13-16H2,1-7H3/t22-,23-,25-,26-,30+,31-,32-,33-/m0/s1. The van der Waals surface area contributed by atoms with Crippen molar-refractivity contribution in [1.29, 1.82) is 0 Å². The Morgan fingerprint density at radius 3 is 2.09 bits per heavy atom. The summed E-state index contributed by atoms with van der Waals surface area (Å²) in [6.07, 6.45) is -4.01. The second kappa shape index (κ2) is 10.7. The van der Waals surface area contributed by atoms with Crippen LogP contribution in [0.15, 0.2) is 41.5 Å². The molecule has 1 saturated heterocycles. The lowest BCUT2D eigenvalue weighted by molar-refractivity contribution is -0.341. The first kappa shape index (κ1) is 32.6. The van der Waals surface area contributed by atoms with E-state index in [0.717, 1.165) is 20.8 Å². The SMILES string of the molecule is CC(=O)OC[C@]1(O)[C@@H](OC(C)=O)C[C@H](OC(C)=O)[C@]2(C)[C@@H]1[C@H](OC(=O)c1ccccc1)[C@]13CCC(C)=C1[C@]2(O)C(=O)OC3(C)C. The van der Waals surface area contributed by atoms with E-state index >= 15 is 0 Å². The van der Waals surface area contributed by atoms with E-state index in [0.29, 0.717) is 12.0 Å². The van der Waals surface area contributed by atoms with Crippen LogP contribution in [-0.2, 0) is 42.9 Å². The Morgan fingerprint density at radius 1 is 0.911 bits per heavy atom. The van der Waals surface area contributed by atoms with Crippen molar-refractivity contribution >= 4 is 29.8 Å². The maximum Gasteiger partial charge on any atom is 0.343 e.